The van der Waals surface area contributed by atoms with Crippen molar-refractivity contribution in [3.05, 3.63) is 51.2 Å². The minimum absolute atomic E-state index is 0.0990. The van der Waals surface area contributed by atoms with Gasteiger partial charge in [-0.1, -0.05) is 0 Å². The van der Waals surface area contributed by atoms with Crippen molar-refractivity contribution < 1.29 is 38.7 Å². The number of rotatable bonds is 7. The molecule has 31 heavy (non-hydrogen) atoms. The van der Waals surface area contributed by atoms with Crippen LogP contribution in [0.25, 0.3) is 0 Å². The molecule has 2 amide bonds. The van der Waals surface area contributed by atoms with Crippen LogP contribution in [-0.2, 0) is 30.5 Å². The number of β-lactam (4-membered cyclic amide) rings is 1. The first-order chi connectivity index (χ1) is 14.7. The molecule has 12 nitrogen and oxygen atoms in total. The Morgan fingerprint density at radius 3 is 2.52 bits per heavy atom. The molecule has 2 N–H and O–H groups in total. The highest BCUT2D eigenvalue weighted by molar-refractivity contribution is 8.00. The number of nitrogens with zero attached hydrogens (tertiary/aromatic N) is 2. The third kappa shape index (κ3) is 4.77. The standard InChI is InChI=1S/C18H17N3O9S/c1-9(22)29-7-11-8-31-16-13(15(23)20(16)14(11)17(24)25)19-18(26)30-6-10-2-4-12(5-3-10)21(27)28/h2-5,13,16H,6-8H2,1H3,(H,19,26)(H,24,25)/t13-,16-/m1/s1. The van der Waals surface area contributed by atoms with Crippen molar-refractivity contribution in [3.63, 3.8) is 0 Å². The SMILES string of the molecule is CC(=O)OCC1=C(C(=O)O)N2C(=O)[C@@H](NC(=O)OCc3ccc([N+](=O)[O-])cc3)[C@H]2SC1. The van der Waals surface area contributed by atoms with Gasteiger partial charge >= 0.3 is 18.0 Å². The van der Waals surface area contributed by atoms with E-state index >= 15 is 0 Å². The number of carboxylic acids is 1. The lowest BCUT2D eigenvalue weighted by Crippen LogP contribution is -2.70. The van der Waals surface area contributed by atoms with Crippen molar-refractivity contribution >= 4 is 41.4 Å². The first kappa shape index (κ1) is 22.1. The molecule has 2 atom stereocenters. The number of thioether (sulfide) groups is 1. The summed E-state index contributed by atoms with van der Waals surface area (Å²) in [7, 11) is 0. The van der Waals surface area contributed by atoms with Crippen LogP contribution in [0.5, 0.6) is 0 Å². The predicted molar refractivity (Wildman–Crippen MR) is 105 cm³/mol. The Morgan fingerprint density at radius 2 is 1.94 bits per heavy atom. The Morgan fingerprint density at radius 1 is 1.26 bits per heavy atom. The number of alkyl carbamates (subject to hydrolysis) is 1. The summed E-state index contributed by atoms with van der Waals surface area (Å²) in [4.78, 5) is 58.3. The van der Waals surface area contributed by atoms with Crippen LogP contribution in [0.1, 0.15) is 12.5 Å². The van der Waals surface area contributed by atoms with E-state index in [-0.39, 0.29) is 35.9 Å². The molecule has 2 heterocycles. The number of carbonyl (C=O) groups excluding carboxylic acids is 3. The average Bonchev–Trinajstić information content (AvgIpc) is 2.73. The molecule has 164 valence electrons. The second-order valence-corrected chi connectivity index (χ2v) is 7.67. The van der Waals surface area contributed by atoms with Crippen LogP contribution < -0.4 is 5.32 Å². The second kappa shape index (κ2) is 9.04. The van der Waals surface area contributed by atoms with Gasteiger partial charge in [0.2, 0.25) is 0 Å². The molecule has 13 heteroatoms. The Labute approximate surface area is 179 Å². The normalized spacial score (nSPS) is 19.8. The van der Waals surface area contributed by atoms with E-state index in [1.165, 1.54) is 43.0 Å². The molecule has 1 fully saturated rings. The fourth-order valence-corrected chi connectivity index (χ4v) is 4.34. The lowest BCUT2D eigenvalue weighted by molar-refractivity contribution is -0.384. The summed E-state index contributed by atoms with van der Waals surface area (Å²) in [6.45, 7) is 0.783. The van der Waals surface area contributed by atoms with Crippen molar-refractivity contribution in [2.24, 2.45) is 0 Å². The first-order valence-electron chi connectivity index (χ1n) is 8.89. The Kier molecular flexibility index (Phi) is 6.44. The molecule has 2 aliphatic rings. The fraction of sp³-hybridized carbons (Fsp3) is 0.333. The maximum Gasteiger partial charge on any atom is 0.408 e. The molecule has 1 saturated heterocycles. The number of ether oxygens (including phenoxy) is 2. The molecule has 0 aliphatic carbocycles. The van der Waals surface area contributed by atoms with Gasteiger partial charge < -0.3 is 19.9 Å². The van der Waals surface area contributed by atoms with Crippen molar-refractivity contribution in [2.45, 2.75) is 24.9 Å². The highest BCUT2D eigenvalue weighted by atomic mass is 32.2. The lowest BCUT2D eigenvalue weighted by Gasteiger charge is -2.49. The summed E-state index contributed by atoms with van der Waals surface area (Å²) in [5.41, 5.74) is 0.447. The molecule has 0 radical (unpaired) electrons. The summed E-state index contributed by atoms with van der Waals surface area (Å²) in [6.07, 6.45) is -0.886. The zero-order chi connectivity index (χ0) is 22.7. The first-order valence-corrected chi connectivity index (χ1v) is 9.94. The Hall–Kier alpha value is -3.61. The molecule has 1 aromatic carbocycles. The topological polar surface area (TPSA) is 165 Å². The molecule has 3 rings (SSSR count). The van der Waals surface area contributed by atoms with Crippen molar-refractivity contribution in [2.75, 3.05) is 12.4 Å². The van der Waals surface area contributed by atoms with Gasteiger partial charge in [0, 0.05) is 30.4 Å². The van der Waals surface area contributed by atoms with E-state index in [0.717, 1.165) is 4.90 Å². The zero-order valence-corrected chi connectivity index (χ0v) is 16.9. The summed E-state index contributed by atoms with van der Waals surface area (Å²) < 4.78 is 9.89. The van der Waals surface area contributed by atoms with Gasteiger partial charge in [0.25, 0.3) is 11.6 Å². The van der Waals surface area contributed by atoms with Crippen LogP contribution in [0.3, 0.4) is 0 Å². The van der Waals surface area contributed by atoms with Gasteiger partial charge in [0.05, 0.1) is 4.92 Å². The zero-order valence-electron chi connectivity index (χ0n) is 16.1. The lowest BCUT2D eigenvalue weighted by atomic mass is 10.0. The summed E-state index contributed by atoms with van der Waals surface area (Å²) in [5.74, 6) is -2.32. The van der Waals surface area contributed by atoms with Crippen molar-refractivity contribution in [1.82, 2.24) is 10.2 Å². The molecule has 2 aliphatic heterocycles. The summed E-state index contributed by atoms with van der Waals surface area (Å²) in [5, 5.41) is 21.9. The molecular weight excluding hydrogens is 434 g/mol. The van der Waals surface area contributed by atoms with E-state index in [1.54, 1.807) is 0 Å². The van der Waals surface area contributed by atoms with Crippen LogP contribution in [0, 0.1) is 10.1 Å². The molecule has 1 aromatic rings. The van der Waals surface area contributed by atoms with E-state index < -0.39 is 40.3 Å². The maximum atomic E-state index is 12.5. The number of hydrogen-bond donors (Lipinski definition) is 2. The van der Waals surface area contributed by atoms with Gasteiger partial charge in [-0.05, 0) is 17.7 Å². The second-order valence-electron chi connectivity index (χ2n) is 6.57. The monoisotopic (exact) mass is 451 g/mol. The number of benzene rings is 1. The average molecular weight is 451 g/mol. The van der Waals surface area contributed by atoms with Crippen molar-refractivity contribution in [3.8, 4) is 0 Å². The highest BCUT2D eigenvalue weighted by Gasteiger charge is 2.54. The van der Waals surface area contributed by atoms with Gasteiger partial charge in [-0.3, -0.25) is 24.6 Å². The van der Waals surface area contributed by atoms with E-state index in [4.69, 9.17) is 9.47 Å². The van der Waals surface area contributed by atoms with Gasteiger partial charge in [0.1, 0.15) is 30.3 Å². The van der Waals surface area contributed by atoms with Gasteiger partial charge in [0.15, 0.2) is 0 Å². The van der Waals surface area contributed by atoms with E-state index in [0.29, 0.717) is 5.56 Å². The quantitative estimate of drug-likeness (QED) is 0.264. The minimum Gasteiger partial charge on any atom is -0.477 e. The number of nitro groups is 1. The minimum atomic E-state index is -1.33. The molecule has 0 bridgehead atoms. The number of non-ortho nitro benzene ring substituents is 1. The highest BCUT2D eigenvalue weighted by Crippen LogP contribution is 2.40. The number of aliphatic carboxylic acids is 1. The number of esters is 1. The molecule has 0 unspecified atom stereocenters. The number of amides is 2. The third-order valence-corrected chi connectivity index (χ3v) is 5.83. The Balaban J connectivity index is 1.59. The van der Waals surface area contributed by atoms with E-state index in [1.807, 2.05) is 0 Å². The number of nitrogens with one attached hydrogen (secondary N) is 1. The van der Waals surface area contributed by atoms with Crippen LogP contribution >= 0.6 is 11.8 Å². The third-order valence-electron chi connectivity index (χ3n) is 4.49. The molecular formula is C18H17N3O9S. The van der Waals surface area contributed by atoms with E-state index in [2.05, 4.69) is 5.32 Å². The summed E-state index contributed by atoms with van der Waals surface area (Å²) >= 11 is 1.22. The number of hydrogen-bond acceptors (Lipinski definition) is 9. The fourth-order valence-electron chi connectivity index (χ4n) is 3.01. The van der Waals surface area contributed by atoms with Crippen LogP contribution in [0.4, 0.5) is 10.5 Å². The Bertz CT molecular complexity index is 976. The molecule has 0 aromatic heterocycles. The largest absolute Gasteiger partial charge is 0.477 e. The van der Waals surface area contributed by atoms with E-state index in [9.17, 15) is 34.4 Å². The van der Waals surface area contributed by atoms with Crippen LogP contribution in [-0.4, -0.2) is 62.6 Å². The molecule has 0 spiro atoms. The molecule has 0 saturated carbocycles. The van der Waals surface area contributed by atoms with Crippen LogP contribution in [0.2, 0.25) is 0 Å². The smallest absolute Gasteiger partial charge is 0.408 e. The number of carboxylic acid groups (broad SMARTS) is 1. The predicted octanol–water partition coefficient (Wildman–Crippen LogP) is 1.01. The van der Waals surface area contributed by atoms with Gasteiger partial charge in [-0.15, -0.1) is 11.8 Å². The summed E-state index contributed by atoms with van der Waals surface area (Å²) in [6, 6.07) is 4.45. The van der Waals surface area contributed by atoms with Crippen molar-refractivity contribution in [1.29, 1.82) is 0 Å². The number of carbonyl (C=O) groups is 4. The van der Waals surface area contributed by atoms with Crippen LogP contribution in [0.15, 0.2) is 35.5 Å². The maximum absolute atomic E-state index is 12.5. The number of fused-ring (bicyclic) bond motifs is 1. The van der Waals surface area contributed by atoms with Gasteiger partial charge in [-0.25, -0.2) is 9.59 Å². The number of nitro benzene ring substituents is 1. The van der Waals surface area contributed by atoms with Gasteiger partial charge in [-0.2, -0.15) is 0 Å².